The number of aromatic amines is 1. The van der Waals surface area contributed by atoms with Gasteiger partial charge in [-0.2, -0.15) is 0 Å². The first kappa shape index (κ1) is 14.5. The Kier molecular flexibility index (Phi) is 3.69. The molecule has 2 heterocycles. The molecule has 0 amide bonds. The van der Waals surface area contributed by atoms with Crippen molar-refractivity contribution in [1.29, 1.82) is 0 Å². The number of H-pyrrole nitrogens is 1. The Labute approximate surface area is 143 Å². The van der Waals surface area contributed by atoms with Crippen LogP contribution in [-0.4, -0.2) is 9.55 Å². The van der Waals surface area contributed by atoms with E-state index < -0.39 is 0 Å². The predicted octanol–water partition coefficient (Wildman–Crippen LogP) is 3.95. The highest BCUT2D eigenvalue weighted by Gasteiger charge is 2.23. The minimum Gasteiger partial charge on any atom is -0.354 e. The van der Waals surface area contributed by atoms with Gasteiger partial charge in [-0.25, -0.2) is 0 Å². The number of pyridine rings is 1. The Bertz CT molecular complexity index is 910. The molecule has 0 unspecified atom stereocenters. The molecule has 0 saturated heterocycles. The molecular weight excluding hydrogens is 352 g/mol. The first-order valence-electron chi connectivity index (χ1n) is 7.86. The number of benzene rings is 1. The van der Waals surface area contributed by atoms with Crippen LogP contribution in [0.5, 0.6) is 0 Å². The maximum Gasteiger partial charge on any atom is 0.252 e. The van der Waals surface area contributed by atoms with Crippen LogP contribution in [0.3, 0.4) is 0 Å². The van der Waals surface area contributed by atoms with Crippen molar-refractivity contribution in [2.75, 3.05) is 0 Å². The zero-order valence-electron chi connectivity index (χ0n) is 12.7. The second-order valence-corrected chi connectivity index (χ2v) is 6.72. The second-order valence-electron chi connectivity index (χ2n) is 5.93. The molecule has 0 fully saturated rings. The lowest BCUT2D eigenvalue weighted by molar-refractivity contribution is 0.694. The number of fused-ring (bicyclic) bond motifs is 3. The zero-order chi connectivity index (χ0) is 15.8. The van der Waals surface area contributed by atoms with Crippen molar-refractivity contribution in [3.05, 3.63) is 80.4 Å². The van der Waals surface area contributed by atoms with Crippen LogP contribution in [0.15, 0.2) is 58.2 Å². The van der Waals surface area contributed by atoms with Crippen molar-refractivity contribution >= 4 is 15.9 Å². The topological polar surface area (TPSA) is 37.8 Å². The van der Waals surface area contributed by atoms with Gasteiger partial charge in [0, 0.05) is 24.5 Å². The quantitative estimate of drug-likeness (QED) is 0.698. The molecule has 2 aromatic heterocycles. The van der Waals surface area contributed by atoms with Crippen molar-refractivity contribution < 1.29 is 0 Å². The van der Waals surface area contributed by atoms with Crippen LogP contribution in [-0.2, 0) is 25.8 Å². The number of aryl methyl sites for hydroxylation is 2. The lowest BCUT2D eigenvalue weighted by Crippen LogP contribution is -2.21. The fraction of sp³-hybridized carbons (Fsp3) is 0.211. The Balaban J connectivity index is 1.85. The smallest absolute Gasteiger partial charge is 0.252 e. The molecule has 1 aromatic carbocycles. The van der Waals surface area contributed by atoms with Crippen LogP contribution in [0.2, 0.25) is 0 Å². The maximum atomic E-state index is 12.6. The Morgan fingerprint density at radius 2 is 1.87 bits per heavy atom. The summed E-state index contributed by atoms with van der Waals surface area (Å²) in [6.45, 7) is 0.812. The molecule has 4 heteroatoms. The standard InChI is InChI=1S/C19H17BrN2O/c20-18-15-8-7-13-5-1-2-6-14(13)17(15)16(19(23)21-18)9-12-22-10-3-4-11-22/h1-6,10-11H,7-9,12H2,(H,21,23). The van der Waals surface area contributed by atoms with Crippen molar-refractivity contribution in [2.24, 2.45) is 0 Å². The minimum atomic E-state index is 0.0134. The van der Waals surface area contributed by atoms with Gasteiger partial charge in [-0.3, -0.25) is 4.79 Å². The summed E-state index contributed by atoms with van der Waals surface area (Å²) >= 11 is 3.55. The number of nitrogens with one attached hydrogen (secondary N) is 1. The molecule has 0 atom stereocenters. The van der Waals surface area contributed by atoms with Gasteiger partial charge in [-0.05, 0) is 69.6 Å². The Morgan fingerprint density at radius 3 is 2.70 bits per heavy atom. The third-order valence-corrected chi connectivity index (χ3v) is 5.26. The predicted molar refractivity (Wildman–Crippen MR) is 95.7 cm³/mol. The van der Waals surface area contributed by atoms with E-state index in [1.165, 1.54) is 16.7 Å². The average Bonchev–Trinajstić information content (AvgIpc) is 3.07. The summed E-state index contributed by atoms with van der Waals surface area (Å²) in [5.74, 6) is 0. The number of aromatic nitrogens is 2. The van der Waals surface area contributed by atoms with Gasteiger partial charge in [0.2, 0.25) is 0 Å². The molecule has 116 valence electrons. The first-order valence-corrected chi connectivity index (χ1v) is 8.66. The zero-order valence-corrected chi connectivity index (χ0v) is 14.3. The van der Waals surface area contributed by atoms with Gasteiger partial charge in [0.25, 0.3) is 5.56 Å². The minimum absolute atomic E-state index is 0.0134. The average molecular weight is 369 g/mol. The van der Waals surface area contributed by atoms with E-state index in [4.69, 9.17) is 0 Å². The summed E-state index contributed by atoms with van der Waals surface area (Å²) in [4.78, 5) is 15.6. The fourth-order valence-electron chi connectivity index (χ4n) is 3.46. The highest BCUT2D eigenvalue weighted by molar-refractivity contribution is 9.10. The second kappa shape index (κ2) is 5.85. The van der Waals surface area contributed by atoms with Crippen LogP contribution in [0.1, 0.15) is 16.7 Å². The van der Waals surface area contributed by atoms with E-state index in [-0.39, 0.29) is 5.56 Å². The normalized spacial score (nSPS) is 12.7. The molecule has 0 saturated carbocycles. The lowest BCUT2D eigenvalue weighted by Gasteiger charge is -2.23. The van der Waals surface area contributed by atoms with Crippen LogP contribution < -0.4 is 5.56 Å². The molecule has 1 N–H and O–H groups in total. The first-order chi connectivity index (χ1) is 11.2. The summed E-state index contributed by atoms with van der Waals surface area (Å²) in [6, 6.07) is 12.5. The molecule has 1 aliphatic carbocycles. The fourth-order valence-corrected chi connectivity index (χ4v) is 4.03. The Morgan fingerprint density at radius 1 is 1.09 bits per heavy atom. The number of hydrogen-bond acceptors (Lipinski definition) is 1. The third kappa shape index (κ3) is 2.57. The summed E-state index contributed by atoms with van der Waals surface area (Å²) in [7, 11) is 0. The third-order valence-electron chi connectivity index (χ3n) is 4.58. The molecule has 23 heavy (non-hydrogen) atoms. The Hall–Kier alpha value is -2.07. The molecule has 0 aliphatic heterocycles. The van der Waals surface area contributed by atoms with E-state index >= 15 is 0 Å². The van der Waals surface area contributed by atoms with Gasteiger partial charge in [0.15, 0.2) is 0 Å². The van der Waals surface area contributed by atoms with Crippen molar-refractivity contribution in [3.8, 4) is 11.1 Å². The largest absolute Gasteiger partial charge is 0.354 e. The molecule has 0 spiro atoms. The molecule has 0 radical (unpaired) electrons. The summed E-state index contributed by atoms with van der Waals surface area (Å²) in [5.41, 5.74) is 5.81. The van der Waals surface area contributed by atoms with Crippen molar-refractivity contribution in [1.82, 2.24) is 9.55 Å². The van der Waals surface area contributed by atoms with Gasteiger partial charge in [0.05, 0.1) is 4.60 Å². The van der Waals surface area contributed by atoms with Crippen LogP contribution in [0, 0.1) is 0 Å². The number of nitrogens with zero attached hydrogens (tertiary/aromatic N) is 1. The highest BCUT2D eigenvalue weighted by atomic mass is 79.9. The van der Waals surface area contributed by atoms with Crippen LogP contribution in [0.25, 0.3) is 11.1 Å². The molecule has 0 bridgehead atoms. The molecule has 1 aliphatic rings. The molecular formula is C19H17BrN2O. The summed E-state index contributed by atoms with van der Waals surface area (Å²) < 4.78 is 2.94. The highest BCUT2D eigenvalue weighted by Crippen LogP contribution is 2.37. The number of rotatable bonds is 3. The van der Waals surface area contributed by atoms with Gasteiger partial charge in [-0.15, -0.1) is 0 Å². The maximum absolute atomic E-state index is 12.6. The van der Waals surface area contributed by atoms with Gasteiger partial charge < -0.3 is 9.55 Å². The molecule has 4 rings (SSSR count). The summed E-state index contributed by atoms with van der Waals surface area (Å²) in [5, 5.41) is 0. The monoisotopic (exact) mass is 368 g/mol. The SMILES string of the molecule is O=c1[nH]c(Br)c2c(c1CCn1cccc1)-c1ccccc1CC2. The van der Waals surface area contributed by atoms with Crippen LogP contribution in [0.4, 0.5) is 0 Å². The van der Waals surface area contributed by atoms with Gasteiger partial charge in [0.1, 0.15) is 0 Å². The number of halogens is 1. The lowest BCUT2D eigenvalue weighted by atomic mass is 9.83. The molecule has 3 aromatic rings. The van der Waals surface area contributed by atoms with E-state index in [0.29, 0.717) is 0 Å². The molecule has 3 nitrogen and oxygen atoms in total. The van der Waals surface area contributed by atoms with E-state index in [1.807, 2.05) is 24.5 Å². The van der Waals surface area contributed by atoms with Gasteiger partial charge in [-0.1, -0.05) is 24.3 Å². The number of hydrogen-bond donors (Lipinski definition) is 1. The van der Waals surface area contributed by atoms with Gasteiger partial charge >= 0.3 is 0 Å². The van der Waals surface area contributed by atoms with E-state index in [2.05, 4.69) is 49.7 Å². The summed E-state index contributed by atoms with van der Waals surface area (Å²) in [6.07, 6.45) is 6.78. The van der Waals surface area contributed by atoms with Crippen molar-refractivity contribution in [3.63, 3.8) is 0 Å². The van der Waals surface area contributed by atoms with Crippen molar-refractivity contribution in [2.45, 2.75) is 25.8 Å². The van der Waals surface area contributed by atoms with E-state index in [1.54, 1.807) is 0 Å². The van der Waals surface area contributed by atoms with Crippen LogP contribution >= 0.6 is 15.9 Å². The van der Waals surface area contributed by atoms with E-state index in [9.17, 15) is 4.79 Å². The van der Waals surface area contributed by atoms with E-state index in [0.717, 1.165) is 41.5 Å².